The summed E-state index contributed by atoms with van der Waals surface area (Å²) in [5.41, 5.74) is 7.47. The van der Waals surface area contributed by atoms with E-state index in [2.05, 4.69) is 9.97 Å². The number of halogens is 1. The van der Waals surface area contributed by atoms with Crippen molar-refractivity contribution in [3.63, 3.8) is 0 Å². The van der Waals surface area contributed by atoms with Gasteiger partial charge >= 0.3 is 5.69 Å². The molecule has 2 aromatic carbocycles. The first-order chi connectivity index (χ1) is 15.0. The molecule has 0 amide bonds. The topological polar surface area (TPSA) is 97.0 Å². The van der Waals surface area contributed by atoms with E-state index in [0.29, 0.717) is 23.0 Å². The molecule has 0 aliphatic heterocycles. The highest BCUT2D eigenvalue weighted by Gasteiger charge is 2.19. The molecule has 2 aromatic heterocycles. The number of nitrogen functional groups attached to an aromatic ring is 1. The highest BCUT2D eigenvalue weighted by atomic mass is 19.1. The number of nitrogens with zero attached hydrogens (tertiary/aromatic N) is 3. The second-order valence-electron chi connectivity index (χ2n) is 7.22. The SMILES string of the molecule is CCN(Cc1cc(F)cc2cccnc12)c1c(N)n(Cc2ccccc2)c(=O)[nH]c1=O. The molecule has 0 aliphatic carbocycles. The van der Waals surface area contributed by atoms with E-state index in [-0.39, 0.29) is 30.4 Å². The molecule has 31 heavy (non-hydrogen) atoms. The minimum atomic E-state index is -0.581. The average molecular weight is 419 g/mol. The lowest BCUT2D eigenvalue weighted by Crippen LogP contribution is -2.38. The Hall–Kier alpha value is -3.94. The number of hydrogen-bond acceptors (Lipinski definition) is 5. The molecule has 0 saturated heterocycles. The minimum absolute atomic E-state index is 0.0631. The lowest BCUT2D eigenvalue weighted by molar-refractivity contribution is 0.626. The van der Waals surface area contributed by atoms with E-state index >= 15 is 0 Å². The van der Waals surface area contributed by atoms with Gasteiger partial charge in [-0.3, -0.25) is 19.3 Å². The van der Waals surface area contributed by atoms with Gasteiger partial charge in [-0.15, -0.1) is 0 Å². The molecule has 0 unspecified atom stereocenters. The van der Waals surface area contributed by atoms with E-state index in [1.54, 1.807) is 23.2 Å². The molecule has 0 spiro atoms. The maximum absolute atomic E-state index is 14.2. The van der Waals surface area contributed by atoms with Crippen LogP contribution in [0.15, 0.2) is 70.4 Å². The number of hydrogen-bond donors (Lipinski definition) is 2. The molecule has 158 valence electrons. The number of benzene rings is 2. The summed E-state index contributed by atoms with van der Waals surface area (Å²) < 4.78 is 15.5. The Morgan fingerprint density at radius 2 is 1.90 bits per heavy atom. The van der Waals surface area contributed by atoms with Crippen LogP contribution < -0.4 is 21.9 Å². The number of H-pyrrole nitrogens is 1. The molecule has 0 fully saturated rings. The fourth-order valence-electron chi connectivity index (χ4n) is 3.71. The fourth-order valence-corrected chi connectivity index (χ4v) is 3.71. The number of anilines is 2. The first-order valence-electron chi connectivity index (χ1n) is 9.92. The summed E-state index contributed by atoms with van der Waals surface area (Å²) in [6.45, 7) is 2.71. The molecular weight excluding hydrogens is 397 g/mol. The van der Waals surface area contributed by atoms with Crippen molar-refractivity contribution in [3.8, 4) is 0 Å². The maximum atomic E-state index is 14.2. The van der Waals surface area contributed by atoms with Gasteiger partial charge in [0, 0.05) is 30.2 Å². The van der Waals surface area contributed by atoms with Gasteiger partial charge in [-0.1, -0.05) is 36.4 Å². The van der Waals surface area contributed by atoms with Crippen molar-refractivity contribution in [1.29, 1.82) is 0 Å². The van der Waals surface area contributed by atoms with Crippen LogP contribution >= 0.6 is 0 Å². The number of nitrogens with two attached hydrogens (primary N) is 1. The van der Waals surface area contributed by atoms with Crippen LogP contribution in [0.25, 0.3) is 10.9 Å². The Kier molecular flexibility index (Phi) is 5.53. The zero-order valence-corrected chi connectivity index (χ0v) is 17.0. The third-order valence-electron chi connectivity index (χ3n) is 5.21. The number of aromatic amines is 1. The second kappa shape index (κ2) is 8.43. The highest BCUT2D eigenvalue weighted by molar-refractivity contribution is 5.82. The van der Waals surface area contributed by atoms with Crippen LogP contribution in [-0.2, 0) is 13.1 Å². The highest BCUT2D eigenvalue weighted by Crippen LogP contribution is 2.24. The molecule has 2 heterocycles. The van der Waals surface area contributed by atoms with Crippen molar-refractivity contribution in [2.75, 3.05) is 17.2 Å². The summed E-state index contributed by atoms with van der Waals surface area (Å²) >= 11 is 0. The number of pyridine rings is 1. The molecular formula is C23H22FN5O2. The first-order valence-corrected chi connectivity index (χ1v) is 9.92. The van der Waals surface area contributed by atoms with Crippen LogP contribution in [0.5, 0.6) is 0 Å². The molecule has 0 aliphatic rings. The summed E-state index contributed by atoms with van der Waals surface area (Å²) in [7, 11) is 0. The molecule has 0 radical (unpaired) electrons. The summed E-state index contributed by atoms with van der Waals surface area (Å²) in [6, 6.07) is 15.7. The summed E-state index contributed by atoms with van der Waals surface area (Å²) in [6.07, 6.45) is 1.64. The van der Waals surface area contributed by atoms with Gasteiger partial charge in [0.2, 0.25) is 0 Å². The minimum Gasteiger partial charge on any atom is -0.383 e. The molecule has 0 bridgehead atoms. The number of aromatic nitrogens is 3. The predicted molar refractivity (Wildman–Crippen MR) is 120 cm³/mol. The molecule has 3 N–H and O–H groups in total. The van der Waals surface area contributed by atoms with Gasteiger partial charge in [-0.25, -0.2) is 9.18 Å². The van der Waals surface area contributed by atoms with E-state index in [0.717, 1.165) is 5.56 Å². The quantitative estimate of drug-likeness (QED) is 0.501. The van der Waals surface area contributed by atoms with E-state index in [4.69, 9.17) is 5.73 Å². The molecule has 0 saturated carbocycles. The largest absolute Gasteiger partial charge is 0.383 e. The predicted octanol–water partition coefficient (Wildman–Crippen LogP) is 2.88. The van der Waals surface area contributed by atoms with Gasteiger partial charge in [0.1, 0.15) is 17.3 Å². The number of nitrogens with one attached hydrogen (secondary N) is 1. The summed E-state index contributed by atoms with van der Waals surface area (Å²) in [5.74, 6) is -0.324. The maximum Gasteiger partial charge on any atom is 0.330 e. The van der Waals surface area contributed by atoms with Crippen LogP contribution in [0.3, 0.4) is 0 Å². The molecule has 8 heteroatoms. The van der Waals surface area contributed by atoms with Crippen LogP contribution in [0.4, 0.5) is 15.9 Å². The van der Waals surface area contributed by atoms with Gasteiger partial charge < -0.3 is 10.6 Å². The van der Waals surface area contributed by atoms with E-state index < -0.39 is 11.2 Å². The smallest absolute Gasteiger partial charge is 0.330 e. The lowest BCUT2D eigenvalue weighted by atomic mass is 10.1. The molecule has 4 aromatic rings. The monoisotopic (exact) mass is 419 g/mol. The van der Waals surface area contributed by atoms with Gasteiger partial charge in [-0.05, 0) is 30.7 Å². The Morgan fingerprint density at radius 1 is 1.13 bits per heavy atom. The third kappa shape index (κ3) is 4.05. The van der Waals surface area contributed by atoms with E-state index in [1.807, 2.05) is 37.3 Å². The van der Waals surface area contributed by atoms with Gasteiger partial charge in [0.15, 0.2) is 0 Å². The lowest BCUT2D eigenvalue weighted by Gasteiger charge is -2.25. The normalized spacial score (nSPS) is 11.0. The zero-order valence-electron chi connectivity index (χ0n) is 17.0. The Bertz CT molecular complexity index is 1350. The molecule has 0 atom stereocenters. The van der Waals surface area contributed by atoms with Gasteiger partial charge in [0.25, 0.3) is 5.56 Å². The number of rotatable bonds is 6. The molecule has 7 nitrogen and oxygen atoms in total. The summed E-state index contributed by atoms with van der Waals surface area (Å²) in [5, 5.41) is 0.671. The van der Waals surface area contributed by atoms with Crippen molar-refractivity contribution < 1.29 is 4.39 Å². The Morgan fingerprint density at radius 3 is 2.65 bits per heavy atom. The van der Waals surface area contributed by atoms with Crippen molar-refractivity contribution in [2.45, 2.75) is 20.0 Å². The van der Waals surface area contributed by atoms with Crippen LogP contribution in [-0.4, -0.2) is 21.1 Å². The zero-order chi connectivity index (χ0) is 22.0. The van der Waals surface area contributed by atoms with E-state index in [9.17, 15) is 14.0 Å². The molecule has 4 rings (SSSR count). The van der Waals surface area contributed by atoms with Crippen LogP contribution in [0.2, 0.25) is 0 Å². The summed E-state index contributed by atoms with van der Waals surface area (Å²) in [4.78, 5) is 33.6. The van der Waals surface area contributed by atoms with Gasteiger partial charge in [0.05, 0.1) is 12.1 Å². The fraction of sp³-hybridized carbons (Fsp3) is 0.174. The first kappa shape index (κ1) is 20.3. The van der Waals surface area contributed by atoms with Crippen LogP contribution in [0.1, 0.15) is 18.1 Å². The van der Waals surface area contributed by atoms with Crippen molar-refractivity contribution in [1.82, 2.24) is 14.5 Å². The second-order valence-corrected chi connectivity index (χ2v) is 7.22. The van der Waals surface area contributed by atoms with Crippen LogP contribution in [0, 0.1) is 5.82 Å². The Balaban J connectivity index is 1.78. The Labute approximate surface area is 177 Å². The van der Waals surface area contributed by atoms with Crippen molar-refractivity contribution in [2.24, 2.45) is 0 Å². The van der Waals surface area contributed by atoms with Gasteiger partial charge in [-0.2, -0.15) is 0 Å². The average Bonchev–Trinajstić information content (AvgIpc) is 2.76. The number of fused-ring (bicyclic) bond motifs is 1. The third-order valence-corrected chi connectivity index (χ3v) is 5.21. The van der Waals surface area contributed by atoms with E-state index in [1.165, 1.54) is 16.7 Å². The standard InChI is InChI=1S/C23H22FN5O2/c1-2-28(14-17-12-18(24)11-16-9-6-10-26-19(16)17)20-21(25)29(23(31)27-22(20)30)13-15-7-4-3-5-8-15/h3-12H,2,13-14,25H2,1H3,(H,27,30,31). The van der Waals surface area contributed by atoms with Crippen molar-refractivity contribution >= 4 is 22.4 Å². The van der Waals surface area contributed by atoms with Crippen molar-refractivity contribution in [3.05, 3.63) is 98.6 Å².